The number of aliphatic hydroxyl groups is 1. The van der Waals surface area contributed by atoms with Crippen molar-refractivity contribution in [3.05, 3.63) is 35.4 Å². The van der Waals surface area contributed by atoms with Crippen molar-refractivity contribution < 1.29 is 5.11 Å². The van der Waals surface area contributed by atoms with Gasteiger partial charge in [0.2, 0.25) is 0 Å². The Morgan fingerprint density at radius 1 is 1.15 bits per heavy atom. The maximum absolute atomic E-state index is 9.17. The second-order valence-corrected chi connectivity index (χ2v) is 6.49. The lowest BCUT2D eigenvalue weighted by Crippen LogP contribution is -2.39. The van der Waals surface area contributed by atoms with Crippen LogP contribution in [-0.2, 0) is 6.42 Å². The molecule has 112 valence electrons. The van der Waals surface area contributed by atoms with Crippen molar-refractivity contribution in [3.63, 3.8) is 0 Å². The van der Waals surface area contributed by atoms with Crippen molar-refractivity contribution >= 4 is 0 Å². The average Bonchev–Trinajstić information content (AvgIpc) is 2.47. The largest absolute Gasteiger partial charge is 0.396 e. The smallest absolute Gasteiger partial charge is 0.0459 e. The van der Waals surface area contributed by atoms with Crippen LogP contribution in [0.1, 0.15) is 50.2 Å². The lowest BCUT2D eigenvalue weighted by Gasteiger charge is -2.30. The van der Waals surface area contributed by atoms with E-state index in [-0.39, 0.29) is 0 Å². The number of nitrogens with one attached hydrogen (secondary N) is 1. The minimum atomic E-state index is 0.371. The first-order valence-corrected chi connectivity index (χ1v) is 8.10. The van der Waals surface area contributed by atoms with Gasteiger partial charge in [0, 0.05) is 18.7 Å². The van der Waals surface area contributed by atoms with Gasteiger partial charge in [0.15, 0.2) is 0 Å². The molecular weight excluding hydrogens is 246 g/mol. The Morgan fingerprint density at radius 3 is 2.40 bits per heavy atom. The molecule has 1 saturated carbocycles. The quantitative estimate of drug-likeness (QED) is 0.833. The zero-order valence-corrected chi connectivity index (χ0v) is 12.9. The standard InChI is InChI=1S/C18H29NO/c1-14-3-6-16(7-4-14)8-5-15(2)19-18-11-9-17(13-20)10-12-18/h3-4,6-7,15,17-20H,5,8-13H2,1-2H3. The van der Waals surface area contributed by atoms with E-state index in [1.54, 1.807) is 0 Å². The van der Waals surface area contributed by atoms with Crippen molar-refractivity contribution in [3.8, 4) is 0 Å². The van der Waals surface area contributed by atoms with Gasteiger partial charge in [0.25, 0.3) is 0 Å². The summed E-state index contributed by atoms with van der Waals surface area (Å²) < 4.78 is 0. The molecule has 1 atom stereocenters. The highest BCUT2D eigenvalue weighted by Gasteiger charge is 2.21. The molecule has 0 heterocycles. The number of aryl methyl sites for hydroxylation is 2. The minimum Gasteiger partial charge on any atom is -0.396 e. The Labute approximate surface area is 123 Å². The Kier molecular flexibility index (Phi) is 6.06. The Morgan fingerprint density at radius 2 is 1.80 bits per heavy atom. The first-order chi connectivity index (χ1) is 9.67. The highest BCUT2D eigenvalue weighted by molar-refractivity contribution is 5.21. The SMILES string of the molecule is Cc1ccc(CCC(C)NC2CCC(CO)CC2)cc1. The van der Waals surface area contributed by atoms with Crippen LogP contribution in [0, 0.1) is 12.8 Å². The van der Waals surface area contributed by atoms with Crippen LogP contribution in [0.5, 0.6) is 0 Å². The highest BCUT2D eigenvalue weighted by atomic mass is 16.3. The summed E-state index contributed by atoms with van der Waals surface area (Å²) in [6, 6.07) is 10.1. The molecule has 1 fully saturated rings. The van der Waals surface area contributed by atoms with Crippen LogP contribution in [0.2, 0.25) is 0 Å². The normalized spacial score (nSPS) is 24.6. The summed E-state index contributed by atoms with van der Waals surface area (Å²) in [5.41, 5.74) is 2.77. The predicted molar refractivity (Wildman–Crippen MR) is 84.9 cm³/mol. The number of rotatable bonds is 6. The minimum absolute atomic E-state index is 0.371. The summed E-state index contributed by atoms with van der Waals surface area (Å²) >= 11 is 0. The summed E-state index contributed by atoms with van der Waals surface area (Å²) in [5, 5.41) is 12.9. The van der Waals surface area contributed by atoms with Gasteiger partial charge in [-0.3, -0.25) is 0 Å². The molecule has 2 nitrogen and oxygen atoms in total. The molecule has 1 aromatic carbocycles. The number of aliphatic hydroxyl groups excluding tert-OH is 1. The fraction of sp³-hybridized carbons (Fsp3) is 0.667. The van der Waals surface area contributed by atoms with Crippen LogP contribution < -0.4 is 5.32 Å². The van der Waals surface area contributed by atoms with Crippen molar-refractivity contribution in [2.45, 2.75) is 64.5 Å². The van der Waals surface area contributed by atoms with Crippen LogP contribution >= 0.6 is 0 Å². The van der Waals surface area contributed by atoms with Crippen LogP contribution in [0.25, 0.3) is 0 Å². The van der Waals surface area contributed by atoms with E-state index in [0.29, 0.717) is 24.6 Å². The third kappa shape index (κ3) is 4.92. The van der Waals surface area contributed by atoms with E-state index in [1.165, 1.54) is 43.2 Å². The van der Waals surface area contributed by atoms with Gasteiger partial charge in [-0.2, -0.15) is 0 Å². The molecule has 1 aromatic rings. The predicted octanol–water partition coefficient (Wildman–Crippen LogP) is 3.46. The van der Waals surface area contributed by atoms with E-state index < -0.39 is 0 Å². The maximum Gasteiger partial charge on any atom is 0.0459 e. The van der Waals surface area contributed by atoms with Gasteiger partial charge >= 0.3 is 0 Å². The molecule has 0 amide bonds. The molecule has 2 N–H and O–H groups in total. The van der Waals surface area contributed by atoms with Crippen molar-refractivity contribution in [2.24, 2.45) is 5.92 Å². The summed E-state index contributed by atoms with van der Waals surface area (Å²) in [6.45, 7) is 4.80. The molecule has 1 aliphatic carbocycles. The molecule has 1 aliphatic rings. The van der Waals surface area contributed by atoms with Crippen molar-refractivity contribution in [1.29, 1.82) is 0 Å². The molecule has 2 rings (SSSR count). The third-order valence-electron chi connectivity index (χ3n) is 4.61. The van der Waals surface area contributed by atoms with E-state index in [4.69, 9.17) is 5.11 Å². The molecule has 20 heavy (non-hydrogen) atoms. The number of hydrogen-bond acceptors (Lipinski definition) is 2. The fourth-order valence-electron chi connectivity index (χ4n) is 3.14. The summed E-state index contributed by atoms with van der Waals surface area (Å²) in [5.74, 6) is 0.552. The van der Waals surface area contributed by atoms with Gasteiger partial charge in [-0.15, -0.1) is 0 Å². The molecule has 0 bridgehead atoms. The lowest BCUT2D eigenvalue weighted by molar-refractivity contribution is 0.172. The van der Waals surface area contributed by atoms with Crippen LogP contribution in [0.4, 0.5) is 0 Å². The lowest BCUT2D eigenvalue weighted by atomic mass is 9.86. The van der Waals surface area contributed by atoms with Gasteiger partial charge in [-0.05, 0) is 63.9 Å². The van der Waals surface area contributed by atoms with Gasteiger partial charge in [-0.25, -0.2) is 0 Å². The first kappa shape index (κ1) is 15.5. The van der Waals surface area contributed by atoms with Gasteiger partial charge in [-0.1, -0.05) is 29.8 Å². The summed E-state index contributed by atoms with van der Waals surface area (Å²) in [4.78, 5) is 0. The van der Waals surface area contributed by atoms with Gasteiger partial charge in [0.05, 0.1) is 0 Å². The zero-order valence-electron chi connectivity index (χ0n) is 12.9. The summed E-state index contributed by atoms with van der Waals surface area (Å²) in [6.07, 6.45) is 7.15. The Bertz CT molecular complexity index is 379. The molecular formula is C18H29NO. The van der Waals surface area contributed by atoms with Crippen molar-refractivity contribution in [2.75, 3.05) is 6.61 Å². The monoisotopic (exact) mass is 275 g/mol. The molecule has 0 saturated heterocycles. The van der Waals surface area contributed by atoms with Crippen LogP contribution in [0.3, 0.4) is 0 Å². The van der Waals surface area contributed by atoms with Gasteiger partial charge in [0.1, 0.15) is 0 Å². The average molecular weight is 275 g/mol. The first-order valence-electron chi connectivity index (χ1n) is 8.10. The Hall–Kier alpha value is -0.860. The number of benzene rings is 1. The number of hydrogen-bond donors (Lipinski definition) is 2. The van der Waals surface area contributed by atoms with Crippen molar-refractivity contribution in [1.82, 2.24) is 5.32 Å². The fourth-order valence-corrected chi connectivity index (χ4v) is 3.14. The third-order valence-corrected chi connectivity index (χ3v) is 4.61. The molecule has 1 unspecified atom stereocenters. The van der Waals surface area contributed by atoms with E-state index in [1.807, 2.05) is 0 Å². The molecule has 0 radical (unpaired) electrons. The van der Waals surface area contributed by atoms with Crippen LogP contribution in [-0.4, -0.2) is 23.8 Å². The van der Waals surface area contributed by atoms with Crippen LogP contribution in [0.15, 0.2) is 24.3 Å². The second kappa shape index (κ2) is 7.80. The molecule has 0 spiro atoms. The maximum atomic E-state index is 9.17. The second-order valence-electron chi connectivity index (χ2n) is 6.49. The van der Waals surface area contributed by atoms with E-state index in [9.17, 15) is 0 Å². The van der Waals surface area contributed by atoms with E-state index >= 15 is 0 Å². The molecule has 2 heteroatoms. The van der Waals surface area contributed by atoms with Gasteiger partial charge < -0.3 is 10.4 Å². The summed E-state index contributed by atoms with van der Waals surface area (Å²) in [7, 11) is 0. The van der Waals surface area contributed by atoms with E-state index in [2.05, 4.69) is 43.4 Å². The highest BCUT2D eigenvalue weighted by Crippen LogP contribution is 2.24. The zero-order chi connectivity index (χ0) is 14.4. The van der Waals surface area contributed by atoms with E-state index in [0.717, 1.165) is 6.42 Å². The topological polar surface area (TPSA) is 32.3 Å². The Balaban J connectivity index is 1.68. The molecule has 0 aliphatic heterocycles. The molecule has 0 aromatic heterocycles.